The minimum Gasteiger partial charge on any atom is -0.377 e. The van der Waals surface area contributed by atoms with Gasteiger partial charge in [0.15, 0.2) is 0 Å². The molecule has 5 heteroatoms. The summed E-state index contributed by atoms with van der Waals surface area (Å²) in [5.74, 6) is -1.18. The molecule has 3 aromatic carbocycles. The van der Waals surface area contributed by atoms with Gasteiger partial charge in [-0.15, -0.1) is 0 Å². The standard InChI is InChI=1S/C20H17F2NOS/c1-23(2)18-13-12-17(15-10-6-7-11-16(15)18)19(24)20(21,22)25-14-8-4-3-5-9-14/h3-13H,1-2H3. The van der Waals surface area contributed by atoms with Crippen LogP contribution in [0.2, 0.25) is 0 Å². The first-order valence-corrected chi connectivity index (χ1v) is 8.57. The van der Waals surface area contributed by atoms with Gasteiger partial charge in [0.2, 0.25) is 5.78 Å². The monoisotopic (exact) mass is 357 g/mol. The van der Waals surface area contributed by atoms with Crippen LogP contribution in [-0.4, -0.2) is 25.1 Å². The molecule has 0 heterocycles. The average molecular weight is 357 g/mol. The summed E-state index contributed by atoms with van der Waals surface area (Å²) in [6.45, 7) is 0. The third-order valence-electron chi connectivity index (χ3n) is 3.88. The molecule has 128 valence electrons. The summed E-state index contributed by atoms with van der Waals surface area (Å²) in [4.78, 5) is 14.8. The van der Waals surface area contributed by atoms with Crippen molar-refractivity contribution in [1.29, 1.82) is 0 Å². The van der Waals surface area contributed by atoms with Gasteiger partial charge >= 0.3 is 5.25 Å². The van der Waals surface area contributed by atoms with E-state index in [1.807, 2.05) is 31.1 Å². The lowest BCUT2D eigenvalue weighted by Gasteiger charge is -2.19. The SMILES string of the molecule is CN(C)c1ccc(C(=O)C(F)(F)Sc2ccccc2)c2ccccc12. The Hall–Kier alpha value is -2.40. The van der Waals surface area contributed by atoms with Crippen molar-refractivity contribution in [1.82, 2.24) is 0 Å². The number of carbonyl (C=O) groups excluding carboxylic acids is 1. The van der Waals surface area contributed by atoms with Crippen LogP contribution in [0, 0.1) is 0 Å². The molecule has 2 nitrogen and oxygen atoms in total. The number of fused-ring (bicyclic) bond motifs is 1. The van der Waals surface area contributed by atoms with Crippen LogP contribution in [0.1, 0.15) is 10.4 Å². The van der Waals surface area contributed by atoms with Gasteiger partial charge in [-0.2, -0.15) is 8.78 Å². The molecule has 0 bridgehead atoms. The van der Waals surface area contributed by atoms with Crippen LogP contribution in [0.5, 0.6) is 0 Å². The summed E-state index contributed by atoms with van der Waals surface area (Å²) in [5.41, 5.74) is 0.917. The van der Waals surface area contributed by atoms with Crippen molar-refractivity contribution >= 4 is 34.0 Å². The molecule has 0 aliphatic heterocycles. The molecule has 25 heavy (non-hydrogen) atoms. The highest BCUT2D eigenvalue weighted by atomic mass is 32.2. The van der Waals surface area contributed by atoms with Crippen LogP contribution >= 0.6 is 11.8 Å². The van der Waals surface area contributed by atoms with E-state index in [9.17, 15) is 13.6 Å². The average Bonchev–Trinajstić information content (AvgIpc) is 2.60. The van der Waals surface area contributed by atoms with Crippen molar-refractivity contribution < 1.29 is 13.6 Å². The molecule has 0 saturated heterocycles. The number of benzene rings is 3. The van der Waals surface area contributed by atoms with Crippen LogP contribution in [0.3, 0.4) is 0 Å². The van der Waals surface area contributed by atoms with E-state index in [2.05, 4.69) is 0 Å². The zero-order valence-electron chi connectivity index (χ0n) is 13.9. The molecular weight excluding hydrogens is 340 g/mol. The van der Waals surface area contributed by atoms with Gasteiger partial charge < -0.3 is 4.90 Å². The quantitative estimate of drug-likeness (QED) is 0.446. The minimum absolute atomic E-state index is 0.0367. The van der Waals surface area contributed by atoms with Gasteiger partial charge in [-0.1, -0.05) is 42.5 Å². The molecule has 0 aromatic heterocycles. The highest BCUT2D eigenvalue weighted by molar-refractivity contribution is 8.01. The maximum Gasteiger partial charge on any atom is 0.360 e. The largest absolute Gasteiger partial charge is 0.377 e. The number of rotatable bonds is 5. The van der Waals surface area contributed by atoms with Gasteiger partial charge in [0, 0.05) is 35.6 Å². The Morgan fingerprint density at radius 2 is 1.48 bits per heavy atom. The lowest BCUT2D eigenvalue weighted by Crippen LogP contribution is -2.25. The van der Waals surface area contributed by atoms with E-state index in [4.69, 9.17) is 0 Å². The zero-order chi connectivity index (χ0) is 18.0. The maximum absolute atomic E-state index is 14.6. The van der Waals surface area contributed by atoms with Crippen molar-refractivity contribution in [3.05, 3.63) is 72.3 Å². The molecule has 0 saturated carbocycles. The summed E-state index contributed by atoms with van der Waals surface area (Å²) >= 11 is 0.275. The first kappa shape index (κ1) is 17.4. The Bertz CT molecular complexity index is 910. The second kappa shape index (κ2) is 6.84. The van der Waals surface area contributed by atoms with Crippen molar-refractivity contribution in [3.8, 4) is 0 Å². The van der Waals surface area contributed by atoms with Crippen LogP contribution in [0.25, 0.3) is 10.8 Å². The molecule has 0 N–H and O–H groups in total. The molecular formula is C20H17F2NOS. The lowest BCUT2D eigenvalue weighted by atomic mass is 9.99. The number of carbonyl (C=O) groups is 1. The molecule has 0 amide bonds. The normalized spacial score (nSPS) is 11.5. The molecule has 3 aromatic rings. The van der Waals surface area contributed by atoms with Crippen molar-refractivity contribution in [2.24, 2.45) is 0 Å². The van der Waals surface area contributed by atoms with E-state index in [0.29, 0.717) is 10.3 Å². The summed E-state index contributed by atoms with van der Waals surface area (Å²) in [6.07, 6.45) is 0. The molecule has 0 unspecified atom stereocenters. The van der Waals surface area contributed by atoms with E-state index in [1.54, 1.807) is 48.5 Å². The number of ketones is 1. The van der Waals surface area contributed by atoms with Crippen molar-refractivity contribution in [3.63, 3.8) is 0 Å². The number of thioether (sulfide) groups is 1. The topological polar surface area (TPSA) is 20.3 Å². The van der Waals surface area contributed by atoms with E-state index >= 15 is 0 Å². The van der Waals surface area contributed by atoms with Gasteiger partial charge in [-0.3, -0.25) is 4.79 Å². The number of hydrogen-bond acceptors (Lipinski definition) is 3. The highest BCUT2D eigenvalue weighted by Gasteiger charge is 2.41. The fourth-order valence-corrected chi connectivity index (χ4v) is 3.50. The molecule has 0 aliphatic carbocycles. The predicted octanol–water partition coefficient (Wildman–Crippen LogP) is 5.47. The Morgan fingerprint density at radius 1 is 0.880 bits per heavy atom. The Labute approximate surface area is 149 Å². The fraction of sp³-hybridized carbons (Fsp3) is 0.150. The van der Waals surface area contributed by atoms with Crippen LogP contribution in [-0.2, 0) is 0 Å². The summed E-state index contributed by atoms with van der Waals surface area (Å²) in [7, 11) is 3.76. The van der Waals surface area contributed by atoms with Crippen LogP contribution < -0.4 is 4.90 Å². The summed E-state index contributed by atoms with van der Waals surface area (Å²) < 4.78 is 29.2. The molecule has 0 spiro atoms. The zero-order valence-corrected chi connectivity index (χ0v) is 14.7. The van der Waals surface area contributed by atoms with Gasteiger partial charge in [0.05, 0.1) is 0 Å². The van der Waals surface area contributed by atoms with E-state index < -0.39 is 11.0 Å². The molecule has 0 fully saturated rings. The first-order valence-electron chi connectivity index (χ1n) is 7.76. The number of hydrogen-bond donors (Lipinski definition) is 0. The van der Waals surface area contributed by atoms with E-state index in [1.165, 1.54) is 6.07 Å². The van der Waals surface area contributed by atoms with Crippen molar-refractivity contribution in [2.75, 3.05) is 19.0 Å². The minimum atomic E-state index is -3.54. The molecule has 0 aliphatic rings. The molecule has 3 rings (SSSR count). The number of alkyl halides is 2. The lowest BCUT2D eigenvalue weighted by molar-refractivity contribution is 0.0568. The Morgan fingerprint density at radius 3 is 2.12 bits per heavy atom. The van der Waals surface area contributed by atoms with Crippen molar-refractivity contribution in [2.45, 2.75) is 10.2 Å². The predicted molar refractivity (Wildman–Crippen MR) is 99.9 cm³/mol. The summed E-state index contributed by atoms with van der Waals surface area (Å²) in [6, 6.07) is 18.5. The number of halogens is 2. The first-order chi connectivity index (χ1) is 11.9. The number of Topliss-reactive ketones (excluding diaryl/α,β-unsaturated/α-hetero) is 1. The third kappa shape index (κ3) is 3.51. The van der Waals surface area contributed by atoms with Gasteiger partial charge in [-0.05, 0) is 41.4 Å². The third-order valence-corrected chi connectivity index (χ3v) is 4.83. The highest BCUT2D eigenvalue weighted by Crippen LogP contribution is 2.40. The van der Waals surface area contributed by atoms with Crippen LogP contribution in [0.4, 0.5) is 14.5 Å². The summed E-state index contributed by atoms with van der Waals surface area (Å²) in [5, 5.41) is -2.23. The van der Waals surface area contributed by atoms with Gasteiger partial charge in [0.1, 0.15) is 0 Å². The second-order valence-electron chi connectivity index (χ2n) is 5.83. The Balaban J connectivity index is 2.04. The van der Waals surface area contributed by atoms with Gasteiger partial charge in [-0.25, -0.2) is 0 Å². The molecule has 0 atom stereocenters. The second-order valence-corrected chi connectivity index (χ2v) is 7.02. The number of anilines is 1. The van der Waals surface area contributed by atoms with E-state index in [0.717, 1.165) is 11.1 Å². The fourth-order valence-electron chi connectivity index (χ4n) is 2.71. The Kier molecular flexibility index (Phi) is 4.77. The maximum atomic E-state index is 14.6. The van der Waals surface area contributed by atoms with Crippen LogP contribution in [0.15, 0.2) is 71.6 Å². The van der Waals surface area contributed by atoms with Gasteiger partial charge in [0.25, 0.3) is 0 Å². The smallest absolute Gasteiger partial charge is 0.360 e. The molecule has 0 radical (unpaired) electrons. The van der Waals surface area contributed by atoms with E-state index in [-0.39, 0.29) is 17.3 Å². The number of nitrogens with zero attached hydrogens (tertiary/aromatic N) is 1.